The van der Waals surface area contributed by atoms with Crippen molar-refractivity contribution in [3.63, 3.8) is 0 Å². The maximum Gasteiger partial charge on any atom is 0.273 e. The van der Waals surface area contributed by atoms with E-state index in [-0.39, 0.29) is 24.0 Å². The normalized spacial score (nSPS) is 10.2. The van der Waals surface area contributed by atoms with Crippen molar-refractivity contribution < 1.29 is 14.5 Å². The predicted molar refractivity (Wildman–Crippen MR) is 99.1 cm³/mol. The van der Waals surface area contributed by atoms with E-state index in [1.807, 2.05) is 54.6 Å². The van der Waals surface area contributed by atoms with Crippen LogP contribution >= 0.6 is 0 Å². The number of hydrogen-bond acceptors (Lipinski definition) is 4. The molecule has 0 aliphatic rings. The molecule has 3 aromatic rings. The van der Waals surface area contributed by atoms with Crippen LogP contribution in [0.2, 0.25) is 0 Å². The molecule has 3 rings (SSSR count). The SMILES string of the molecule is O=C(COc1cccc([N+](=O)[O-])c1)Nc1ccc(-c2ccccc2)cc1. The number of carbonyl (C=O) groups excluding carboxylic acids is 1. The lowest BCUT2D eigenvalue weighted by Crippen LogP contribution is -2.20. The Morgan fingerprint density at radius 2 is 1.62 bits per heavy atom. The fraction of sp³-hybridized carbons (Fsp3) is 0.0500. The standard InChI is InChI=1S/C20H16N2O4/c23-20(14-26-19-8-4-7-18(13-19)22(24)25)21-17-11-9-16(10-12-17)15-5-2-1-3-6-15/h1-13H,14H2,(H,21,23). The molecule has 0 radical (unpaired) electrons. The molecule has 6 heteroatoms. The molecule has 1 N–H and O–H groups in total. The summed E-state index contributed by atoms with van der Waals surface area (Å²) in [5.41, 5.74) is 2.72. The molecule has 0 aromatic heterocycles. The van der Waals surface area contributed by atoms with Crippen molar-refractivity contribution in [1.29, 1.82) is 0 Å². The molecule has 6 nitrogen and oxygen atoms in total. The summed E-state index contributed by atoms with van der Waals surface area (Å²) < 4.78 is 5.31. The second-order valence-corrected chi connectivity index (χ2v) is 5.53. The van der Waals surface area contributed by atoms with Crippen molar-refractivity contribution in [2.45, 2.75) is 0 Å². The summed E-state index contributed by atoms with van der Waals surface area (Å²) in [6, 6.07) is 23.1. The van der Waals surface area contributed by atoms with Crippen molar-refractivity contribution in [2.24, 2.45) is 0 Å². The Balaban J connectivity index is 1.57. The van der Waals surface area contributed by atoms with Gasteiger partial charge in [0.2, 0.25) is 0 Å². The van der Waals surface area contributed by atoms with E-state index in [2.05, 4.69) is 5.32 Å². The zero-order valence-electron chi connectivity index (χ0n) is 13.8. The van der Waals surface area contributed by atoms with Gasteiger partial charge in [-0.3, -0.25) is 14.9 Å². The van der Waals surface area contributed by atoms with E-state index in [1.54, 1.807) is 6.07 Å². The Morgan fingerprint density at radius 3 is 2.31 bits per heavy atom. The lowest BCUT2D eigenvalue weighted by molar-refractivity contribution is -0.384. The summed E-state index contributed by atoms with van der Waals surface area (Å²) in [4.78, 5) is 22.2. The molecule has 0 atom stereocenters. The number of nitro benzene ring substituents is 1. The van der Waals surface area contributed by atoms with Crippen LogP contribution in [-0.2, 0) is 4.79 Å². The average molecular weight is 348 g/mol. The van der Waals surface area contributed by atoms with Gasteiger partial charge in [-0.15, -0.1) is 0 Å². The van der Waals surface area contributed by atoms with Crippen molar-refractivity contribution in [3.05, 3.63) is 89.0 Å². The molecule has 0 aliphatic heterocycles. The summed E-state index contributed by atoms with van der Waals surface area (Å²) in [5, 5.41) is 13.5. The minimum Gasteiger partial charge on any atom is -0.484 e. The Kier molecular flexibility index (Phi) is 5.24. The molecule has 130 valence electrons. The fourth-order valence-electron chi connectivity index (χ4n) is 2.41. The van der Waals surface area contributed by atoms with Crippen LogP contribution in [0.4, 0.5) is 11.4 Å². The Hall–Kier alpha value is -3.67. The van der Waals surface area contributed by atoms with Crippen molar-refractivity contribution in [1.82, 2.24) is 0 Å². The third-order valence-electron chi connectivity index (χ3n) is 3.67. The van der Waals surface area contributed by atoms with E-state index in [0.29, 0.717) is 5.69 Å². The molecule has 3 aromatic carbocycles. The van der Waals surface area contributed by atoms with E-state index in [1.165, 1.54) is 18.2 Å². The average Bonchev–Trinajstić information content (AvgIpc) is 2.68. The van der Waals surface area contributed by atoms with Gasteiger partial charge < -0.3 is 10.1 Å². The van der Waals surface area contributed by atoms with E-state index >= 15 is 0 Å². The van der Waals surface area contributed by atoms with E-state index in [4.69, 9.17) is 4.74 Å². The molecular formula is C20H16N2O4. The summed E-state index contributed by atoms with van der Waals surface area (Å²) in [7, 11) is 0. The first-order valence-corrected chi connectivity index (χ1v) is 7.94. The van der Waals surface area contributed by atoms with Gasteiger partial charge in [-0.1, -0.05) is 48.5 Å². The number of amides is 1. The highest BCUT2D eigenvalue weighted by atomic mass is 16.6. The molecule has 0 aliphatic carbocycles. The number of ether oxygens (including phenoxy) is 1. The van der Waals surface area contributed by atoms with Gasteiger partial charge in [-0.2, -0.15) is 0 Å². The summed E-state index contributed by atoms with van der Waals surface area (Å²) >= 11 is 0. The third kappa shape index (κ3) is 4.45. The van der Waals surface area contributed by atoms with Gasteiger partial charge in [0, 0.05) is 11.8 Å². The Labute approximate surface area is 150 Å². The number of benzene rings is 3. The summed E-state index contributed by atoms with van der Waals surface area (Å²) in [6.07, 6.45) is 0. The van der Waals surface area contributed by atoms with Gasteiger partial charge in [0.15, 0.2) is 6.61 Å². The first-order valence-electron chi connectivity index (χ1n) is 7.94. The number of non-ortho nitro benzene ring substituents is 1. The Bertz CT molecular complexity index is 909. The summed E-state index contributed by atoms with van der Waals surface area (Å²) in [6.45, 7) is -0.235. The Morgan fingerprint density at radius 1 is 0.923 bits per heavy atom. The number of hydrogen-bond donors (Lipinski definition) is 1. The third-order valence-corrected chi connectivity index (χ3v) is 3.67. The lowest BCUT2D eigenvalue weighted by Gasteiger charge is -2.08. The predicted octanol–water partition coefficient (Wildman–Crippen LogP) is 4.28. The van der Waals surface area contributed by atoms with Gasteiger partial charge in [-0.05, 0) is 29.3 Å². The van der Waals surface area contributed by atoms with Gasteiger partial charge >= 0.3 is 0 Å². The van der Waals surface area contributed by atoms with E-state index in [0.717, 1.165) is 11.1 Å². The van der Waals surface area contributed by atoms with Gasteiger partial charge in [-0.25, -0.2) is 0 Å². The van der Waals surface area contributed by atoms with Crippen molar-refractivity contribution in [3.8, 4) is 16.9 Å². The van der Waals surface area contributed by atoms with Crippen molar-refractivity contribution in [2.75, 3.05) is 11.9 Å². The smallest absolute Gasteiger partial charge is 0.273 e. The number of nitrogens with zero attached hydrogens (tertiary/aromatic N) is 1. The van der Waals surface area contributed by atoms with E-state index in [9.17, 15) is 14.9 Å². The zero-order valence-corrected chi connectivity index (χ0v) is 13.8. The number of nitrogens with one attached hydrogen (secondary N) is 1. The molecule has 0 saturated heterocycles. The maximum atomic E-state index is 12.0. The molecule has 26 heavy (non-hydrogen) atoms. The molecule has 0 spiro atoms. The van der Waals surface area contributed by atoms with Gasteiger partial charge in [0.05, 0.1) is 11.0 Å². The second kappa shape index (κ2) is 7.94. The molecule has 0 fully saturated rings. The monoisotopic (exact) mass is 348 g/mol. The minimum absolute atomic E-state index is 0.0839. The van der Waals surface area contributed by atoms with Crippen LogP contribution in [0.1, 0.15) is 0 Å². The second-order valence-electron chi connectivity index (χ2n) is 5.53. The number of rotatable bonds is 6. The largest absolute Gasteiger partial charge is 0.484 e. The molecule has 0 saturated carbocycles. The lowest BCUT2D eigenvalue weighted by atomic mass is 10.1. The topological polar surface area (TPSA) is 81.5 Å². The molecule has 0 unspecified atom stereocenters. The van der Waals surface area contributed by atoms with Crippen molar-refractivity contribution >= 4 is 17.3 Å². The first kappa shape index (κ1) is 17.2. The zero-order chi connectivity index (χ0) is 18.4. The molecule has 1 amide bonds. The first-order chi connectivity index (χ1) is 12.6. The van der Waals surface area contributed by atoms with Gasteiger partial charge in [0.1, 0.15) is 5.75 Å². The summed E-state index contributed by atoms with van der Waals surface area (Å²) in [5.74, 6) is -0.0715. The maximum absolute atomic E-state index is 12.0. The van der Waals surface area contributed by atoms with Gasteiger partial charge in [0.25, 0.3) is 11.6 Å². The quantitative estimate of drug-likeness (QED) is 0.532. The fourth-order valence-corrected chi connectivity index (χ4v) is 2.41. The van der Waals surface area contributed by atoms with Crippen LogP contribution in [0.25, 0.3) is 11.1 Å². The highest BCUT2D eigenvalue weighted by Crippen LogP contribution is 2.21. The number of carbonyl (C=O) groups is 1. The number of nitro groups is 1. The van der Waals surface area contributed by atoms with Crippen LogP contribution in [0.15, 0.2) is 78.9 Å². The molecule has 0 heterocycles. The molecule has 0 bridgehead atoms. The van der Waals surface area contributed by atoms with Crippen LogP contribution in [-0.4, -0.2) is 17.4 Å². The van der Waals surface area contributed by atoms with E-state index < -0.39 is 4.92 Å². The van der Waals surface area contributed by atoms with Crippen LogP contribution in [0.3, 0.4) is 0 Å². The number of anilines is 1. The highest BCUT2D eigenvalue weighted by molar-refractivity contribution is 5.92. The minimum atomic E-state index is -0.513. The molecular weight excluding hydrogens is 332 g/mol. The van der Waals surface area contributed by atoms with Crippen LogP contribution in [0.5, 0.6) is 5.75 Å². The van der Waals surface area contributed by atoms with Crippen LogP contribution in [0, 0.1) is 10.1 Å². The highest BCUT2D eigenvalue weighted by Gasteiger charge is 2.08. The van der Waals surface area contributed by atoms with Crippen LogP contribution < -0.4 is 10.1 Å².